The second-order valence-electron chi connectivity index (χ2n) is 10.5. The van der Waals surface area contributed by atoms with Crippen LogP contribution >= 0.6 is 15.9 Å². The highest BCUT2D eigenvalue weighted by atomic mass is 79.9. The third kappa shape index (κ3) is 4.39. The molecule has 0 saturated heterocycles. The highest BCUT2D eigenvalue weighted by molar-refractivity contribution is 9.08. The molecule has 0 bridgehead atoms. The molecule has 1 unspecified atom stereocenters. The van der Waals surface area contributed by atoms with Gasteiger partial charge in [0.15, 0.2) is 5.82 Å². The summed E-state index contributed by atoms with van der Waals surface area (Å²) in [5, 5.41) is 16.9. The summed E-state index contributed by atoms with van der Waals surface area (Å²) < 4.78 is 2.05. The van der Waals surface area contributed by atoms with Crippen LogP contribution in [0, 0.1) is 5.92 Å². The van der Waals surface area contributed by atoms with Gasteiger partial charge in [0.1, 0.15) is 5.54 Å². The lowest BCUT2D eigenvalue weighted by molar-refractivity contribution is 0.290. The summed E-state index contributed by atoms with van der Waals surface area (Å²) in [4.78, 5) is 5.02. The summed E-state index contributed by atoms with van der Waals surface area (Å²) >= 11 is 3.57. The van der Waals surface area contributed by atoms with E-state index < -0.39 is 5.54 Å². The number of rotatable bonds is 7. The number of fused-ring (bicyclic) bond motifs is 1. The van der Waals surface area contributed by atoms with E-state index >= 15 is 0 Å². The van der Waals surface area contributed by atoms with Crippen LogP contribution in [0.1, 0.15) is 23.1 Å². The van der Waals surface area contributed by atoms with E-state index in [1.54, 1.807) is 0 Å². The number of nitrogens with zero attached hydrogens (tertiary/aromatic N) is 5. The van der Waals surface area contributed by atoms with Crippen LogP contribution in [-0.2, 0) is 10.9 Å². The topological polar surface area (TPSA) is 56.5 Å². The van der Waals surface area contributed by atoms with Crippen LogP contribution in [-0.4, -0.2) is 25.2 Å². The summed E-state index contributed by atoms with van der Waals surface area (Å²) in [5.41, 5.74) is 5.49. The average molecular weight is 611 g/mol. The van der Waals surface area contributed by atoms with Crippen LogP contribution in [0.15, 0.2) is 140 Å². The van der Waals surface area contributed by atoms with Crippen LogP contribution in [0.3, 0.4) is 0 Å². The summed E-state index contributed by atoms with van der Waals surface area (Å²) in [6.45, 7) is 0. The number of alkyl halides is 1. The van der Waals surface area contributed by atoms with Gasteiger partial charge in [-0.25, -0.2) is 4.68 Å². The van der Waals surface area contributed by atoms with Gasteiger partial charge in [-0.2, -0.15) is 0 Å². The molecule has 0 aliphatic heterocycles. The molecule has 2 heterocycles. The molecule has 42 heavy (non-hydrogen) atoms. The number of hydrogen-bond acceptors (Lipinski definition) is 4. The molecule has 0 fully saturated rings. The molecule has 1 atom stereocenters. The van der Waals surface area contributed by atoms with Crippen LogP contribution < -0.4 is 0 Å². The Morgan fingerprint density at radius 3 is 2.14 bits per heavy atom. The second-order valence-corrected chi connectivity index (χ2v) is 11.0. The largest absolute Gasteiger partial charge is 0.255 e. The number of aromatic nitrogens is 5. The van der Waals surface area contributed by atoms with Crippen LogP contribution in [0.5, 0.6) is 0 Å². The molecule has 0 saturated carbocycles. The number of allylic oxidation sites excluding steroid dienone is 4. The predicted octanol–water partition coefficient (Wildman–Crippen LogP) is 8.37. The average Bonchev–Trinajstić information content (AvgIpc) is 3.56. The first-order valence-electron chi connectivity index (χ1n) is 14.1. The smallest absolute Gasteiger partial charge is 0.186 e. The number of hydrogen-bond donors (Lipinski definition) is 0. The standard InChI is InChI=1S/C36H28BrN5/c37-24-26-20-22-27(23-21-26)34-33(32-19-11-10-12-28(32)25-38-34)35-39-40-41-42(35)36(29-13-4-1-5-14-29,30-15-6-2-7-16-30)31-17-8-3-9-18-31/h1-17,19-23,25,31H,18,24H2. The van der Waals surface area contributed by atoms with Crippen LogP contribution in [0.25, 0.3) is 33.4 Å². The van der Waals surface area contributed by atoms with Gasteiger partial charge in [-0.3, -0.25) is 4.98 Å². The minimum absolute atomic E-state index is 0.0548. The Hall–Kier alpha value is -4.68. The normalized spacial score (nSPS) is 14.8. The molecule has 204 valence electrons. The summed E-state index contributed by atoms with van der Waals surface area (Å²) in [5.74, 6) is 0.730. The zero-order valence-electron chi connectivity index (χ0n) is 22.9. The van der Waals surface area contributed by atoms with E-state index in [-0.39, 0.29) is 5.92 Å². The molecular weight excluding hydrogens is 582 g/mol. The fourth-order valence-corrected chi connectivity index (χ4v) is 6.59. The zero-order valence-corrected chi connectivity index (χ0v) is 24.5. The molecule has 1 aliphatic rings. The summed E-state index contributed by atoms with van der Waals surface area (Å²) in [6, 6.07) is 38.1. The number of tetrazole rings is 1. The molecule has 5 nitrogen and oxygen atoms in total. The SMILES string of the molecule is BrCc1ccc(-c2ncc3ccccc3c2-c2nnnn2C(c2ccccc2)(c2ccccc2)C2C=CC=CC2)cc1. The fourth-order valence-electron chi connectivity index (χ4n) is 6.21. The summed E-state index contributed by atoms with van der Waals surface area (Å²) in [6.07, 6.45) is 11.5. The van der Waals surface area contributed by atoms with Crippen molar-refractivity contribution in [2.24, 2.45) is 5.92 Å². The van der Waals surface area contributed by atoms with Gasteiger partial charge in [0.2, 0.25) is 0 Å². The van der Waals surface area contributed by atoms with Crippen molar-refractivity contribution < 1.29 is 0 Å². The first-order chi connectivity index (χ1) is 20.8. The summed E-state index contributed by atoms with van der Waals surface area (Å²) in [7, 11) is 0. The van der Waals surface area contributed by atoms with Gasteiger partial charge in [-0.1, -0.05) is 149 Å². The lowest BCUT2D eigenvalue weighted by atomic mass is 9.70. The van der Waals surface area contributed by atoms with Gasteiger partial charge in [-0.05, 0) is 38.9 Å². The Labute approximate surface area is 253 Å². The maximum atomic E-state index is 5.02. The highest BCUT2D eigenvalue weighted by Gasteiger charge is 2.46. The van der Waals surface area contributed by atoms with Gasteiger partial charge < -0.3 is 0 Å². The lowest BCUT2D eigenvalue weighted by Gasteiger charge is -2.41. The molecule has 0 amide bonds. The molecule has 6 aromatic rings. The van der Waals surface area contributed by atoms with Crippen molar-refractivity contribution in [1.29, 1.82) is 0 Å². The van der Waals surface area contributed by atoms with E-state index in [2.05, 4.69) is 149 Å². The number of pyridine rings is 1. The van der Waals surface area contributed by atoms with Crippen molar-refractivity contribution in [1.82, 2.24) is 25.2 Å². The maximum Gasteiger partial charge on any atom is 0.186 e. The third-order valence-electron chi connectivity index (χ3n) is 8.15. The first-order valence-corrected chi connectivity index (χ1v) is 15.2. The van der Waals surface area contributed by atoms with Crippen LogP contribution in [0.4, 0.5) is 0 Å². The van der Waals surface area contributed by atoms with E-state index in [4.69, 9.17) is 15.3 Å². The van der Waals surface area contributed by atoms with E-state index in [0.29, 0.717) is 5.82 Å². The predicted molar refractivity (Wildman–Crippen MR) is 172 cm³/mol. The first kappa shape index (κ1) is 26.2. The van der Waals surface area contributed by atoms with Crippen molar-refractivity contribution in [3.05, 3.63) is 156 Å². The van der Waals surface area contributed by atoms with E-state index in [0.717, 1.165) is 50.5 Å². The van der Waals surface area contributed by atoms with Gasteiger partial charge in [-0.15, -0.1) is 5.10 Å². The molecule has 6 heteroatoms. The molecule has 0 spiro atoms. The Bertz CT molecular complexity index is 1850. The molecule has 7 rings (SSSR count). The van der Waals surface area contributed by atoms with Gasteiger partial charge in [0, 0.05) is 28.4 Å². The Balaban J connectivity index is 1.58. The Morgan fingerprint density at radius 1 is 0.786 bits per heavy atom. The minimum atomic E-state index is -0.726. The van der Waals surface area contributed by atoms with Gasteiger partial charge >= 0.3 is 0 Å². The van der Waals surface area contributed by atoms with Crippen LogP contribution in [0.2, 0.25) is 0 Å². The van der Waals surface area contributed by atoms with Gasteiger partial charge in [0.05, 0.1) is 11.3 Å². The quantitative estimate of drug-likeness (QED) is 0.171. The van der Waals surface area contributed by atoms with Gasteiger partial charge in [0.25, 0.3) is 0 Å². The molecule has 2 aromatic heterocycles. The monoisotopic (exact) mass is 609 g/mol. The Kier molecular flexibility index (Phi) is 7.06. The molecule has 0 radical (unpaired) electrons. The Morgan fingerprint density at radius 2 is 1.48 bits per heavy atom. The number of benzene rings is 4. The molecule has 1 aliphatic carbocycles. The zero-order chi connectivity index (χ0) is 28.4. The van der Waals surface area contributed by atoms with Crippen molar-refractivity contribution in [3.63, 3.8) is 0 Å². The molecular formula is C36H28BrN5. The van der Waals surface area contributed by atoms with E-state index in [1.807, 2.05) is 16.9 Å². The van der Waals surface area contributed by atoms with Crippen molar-refractivity contribution in [3.8, 4) is 22.6 Å². The maximum absolute atomic E-state index is 5.02. The van der Waals surface area contributed by atoms with E-state index in [9.17, 15) is 0 Å². The highest BCUT2D eigenvalue weighted by Crippen LogP contribution is 2.47. The lowest BCUT2D eigenvalue weighted by Crippen LogP contribution is -2.44. The number of halogens is 1. The van der Waals surface area contributed by atoms with Crippen molar-refractivity contribution in [2.75, 3.05) is 0 Å². The molecule has 0 N–H and O–H groups in total. The molecule has 4 aromatic carbocycles. The second kappa shape index (κ2) is 11.3. The minimum Gasteiger partial charge on any atom is -0.255 e. The third-order valence-corrected chi connectivity index (χ3v) is 8.80. The fraction of sp³-hybridized carbons (Fsp3) is 0.111. The van der Waals surface area contributed by atoms with Crippen molar-refractivity contribution >= 4 is 26.7 Å². The van der Waals surface area contributed by atoms with E-state index in [1.165, 1.54) is 5.56 Å². The van der Waals surface area contributed by atoms with Crippen molar-refractivity contribution in [2.45, 2.75) is 17.3 Å².